The van der Waals surface area contributed by atoms with E-state index in [0.29, 0.717) is 37.4 Å². The highest BCUT2D eigenvalue weighted by molar-refractivity contribution is 7.98. The average Bonchev–Trinajstić information content (AvgIpc) is 2.83. The number of anilines is 2. The number of carbonyl (C=O) groups excluding carboxylic acids is 3. The number of nitrogens with one attached hydrogen (secondary N) is 3. The molecule has 1 fully saturated rings. The van der Waals surface area contributed by atoms with Crippen LogP contribution >= 0.6 is 11.8 Å². The monoisotopic (exact) mass is 497 g/mol. The number of thioether (sulfide) groups is 1. The van der Waals surface area contributed by atoms with Crippen LogP contribution in [0.25, 0.3) is 0 Å². The molecule has 2 bridgehead atoms. The lowest BCUT2D eigenvalue weighted by Gasteiger charge is -2.43. The van der Waals surface area contributed by atoms with Gasteiger partial charge in [0.1, 0.15) is 6.04 Å². The zero-order chi connectivity index (χ0) is 24.9. The number of benzene rings is 1. The number of hydrogen-bond acceptors (Lipinski definition) is 5. The number of rotatable bonds is 7. The Kier molecular flexibility index (Phi) is 7.80. The zero-order valence-corrected chi connectivity index (χ0v) is 20.8. The van der Waals surface area contributed by atoms with Gasteiger partial charge in [-0.15, -0.1) is 0 Å². The predicted molar refractivity (Wildman–Crippen MR) is 138 cm³/mol. The van der Waals surface area contributed by atoms with Crippen molar-refractivity contribution in [1.82, 2.24) is 14.8 Å². The van der Waals surface area contributed by atoms with E-state index < -0.39 is 6.04 Å². The van der Waals surface area contributed by atoms with E-state index in [4.69, 9.17) is 0 Å². The molecule has 0 spiro atoms. The molecular formula is C25H31N5O4S. The molecule has 3 N–H and O–H groups in total. The van der Waals surface area contributed by atoms with Gasteiger partial charge in [-0.3, -0.25) is 14.4 Å². The first-order valence-electron chi connectivity index (χ1n) is 11.8. The second kappa shape index (κ2) is 11.0. The predicted octanol–water partition coefficient (Wildman–Crippen LogP) is 2.70. The third kappa shape index (κ3) is 6.05. The summed E-state index contributed by atoms with van der Waals surface area (Å²) in [7, 11) is 0. The van der Waals surface area contributed by atoms with Gasteiger partial charge in [0.25, 0.3) is 5.56 Å². The first-order chi connectivity index (χ1) is 16.8. The van der Waals surface area contributed by atoms with E-state index in [1.165, 1.54) is 6.92 Å². The van der Waals surface area contributed by atoms with E-state index in [2.05, 4.69) is 16.0 Å². The molecule has 186 valence electrons. The standard InChI is InChI=1S/C25H31N5O4S/c1-16(31)26-19-6-8-20(9-7-19)27-24(33)21(10-11-35-2)28-25(34)29-13-17-12-18(15-29)22-4-3-5-23(32)30(22)14-17/h3-9,17-18,21H,10-15H2,1-2H3,(H,26,31)(H,27,33)(H,28,34)/t17?,18?,21-/m0/s1. The second-order valence-electron chi connectivity index (χ2n) is 9.13. The van der Waals surface area contributed by atoms with Crippen molar-refractivity contribution >= 4 is 41.0 Å². The molecule has 10 heteroatoms. The van der Waals surface area contributed by atoms with Gasteiger partial charge in [0.2, 0.25) is 11.8 Å². The third-order valence-electron chi connectivity index (χ3n) is 6.46. The molecule has 3 atom stereocenters. The minimum Gasteiger partial charge on any atom is -0.326 e. The molecule has 0 radical (unpaired) electrons. The maximum absolute atomic E-state index is 13.2. The highest BCUT2D eigenvalue weighted by Crippen LogP contribution is 2.34. The molecule has 1 aromatic heterocycles. The van der Waals surface area contributed by atoms with Crippen LogP contribution in [0.4, 0.5) is 16.2 Å². The number of nitrogens with zero attached hydrogens (tertiary/aromatic N) is 2. The molecule has 1 aromatic carbocycles. The van der Waals surface area contributed by atoms with Gasteiger partial charge < -0.3 is 25.4 Å². The number of fused-ring (bicyclic) bond motifs is 4. The number of piperidine rings is 1. The number of hydrogen-bond donors (Lipinski definition) is 3. The maximum Gasteiger partial charge on any atom is 0.318 e. The van der Waals surface area contributed by atoms with Gasteiger partial charge >= 0.3 is 6.03 Å². The summed E-state index contributed by atoms with van der Waals surface area (Å²) < 4.78 is 1.83. The Bertz CT molecular complexity index is 1150. The highest BCUT2D eigenvalue weighted by atomic mass is 32.2. The van der Waals surface area contributed by atoms with Crippen molar-refractivity contribution in [2.45, 2.75) is 38.3 Å². The van der Waals surface area contributed by atoms with E-state index in [1.54, 1.807) is 53.1 Å². The molecule has 1 saturated heterocycles. The normalized spacial score (nSPS) is 19.3. The van der Waals surface area contributed by atoms with E-state index >= 15 is 0 Å². The average molecular weight is 498 g/mol. The lowest BCUT2D eigenvalue weighted by Crippen LogP contribution is -2.55. The van der Waals surface area contributed by atoms with Crippen LogP contribution in [-0.4, -0.2) is 58.5 Å². The zero-order valence-electron chi connectivity index (χ0n) is 20.0. The van der Waals surface area contributed by atoms with Crippen molar-refractivity contribution in [3.8, 4) is 0 Å². The van der Waals surface area contributed by atoms with Gasteiger partial charge in [-0.25, -0.2) is 4.79 Å². The molecule has 3 heterocycles. The van der Waals surface area contributed by atoms with Crippen molar-refractivity contribution in [3.05, 3.63) is 58.5 Å². The second-order valence-corrected chi connectivity index (χ2v) is 10.1. The van der Waals surface area contributed by atoms with Crippen molar-refractivity contribution in [1.29, 1.82) is 0 Å². The van der Waals surface area contributed by atoms with Crippen LogP contribution in [0.2, 0.25) is 0 Å². The van der Waals surface area contributed by atoms with Crippen LogP contribution in [0, 0.1) is 5.92 Å². The SMILES string of the molecule is CSCC[C@H](NC(=O)N1CC2CC(C1)c1cccc(=O)n1C2)C(=O)Nc1ccc(NC(C)=O)cc1. The first-order valence-corrected chi connectivity index (χ1v) is 13.2. The number of pyridine rings is 1. The van der Waals surface area contributed by atoms with Crippen molar-refractivity contribution < 1.29 is 14.4 Å². The number of carbonyl (C=O) groups is 3. The van der Waals surface area contributed by atoms with Gasteiger partial charge in [-0.1, -0.05) is 6.07 Å². The summed E-state index contributed by atoms with van der Waals surface area (Å²) in [6.07, 6.45) is 3.42. The molecule has 4 amide bonds. The number of aromatic nitrogens is 1. The molecule has 0 aliphatic carbocycles. The number of likely N-dealkylation sites (tertiary alicyclic amines) is 1. The summed E-state index contributed by atoms with van der Waals surface area (Å²) in [5.41, 5.74) is 2.21. The van der Waals surface area contributed by atoms with Crippen LogP contribution in [0.5, 0.6) is 0 Å². The van der Waals surface area contributed by atoms with E-state index in [-0.39, 0.29) is 35.2 Å². The maximum atomic E-state index is 13.2. The molecule has 9 nitrogen and oxygen atoms in total. The minimum absolute atomic E-state index is 0.00834. The molecule has 2 aromatic rings. The van der Waals surface area contributed by atoms with E-state index in [0.717, 1.165) is 17.9 Å². The lowest BCUT2D eigenvalue weighted by atomic mass is 9.83. The van der Waals surface area contributed by atoms with Gasteiger partial charge in [0, 0.05) is 55.6 Å². The van der Waals surface area contributed by atoms with Crippen LogP contribution in [0.1, 0.15) is 31.4 Å². The highest BCUT2D eigenvalue weighted by Gasteiger charge is 2.37. The molecule has 35 heavy (non-hydrogen) atoms. The van der Waals surface area contributed by atoms with Crippen molar-refractivity contribution in [2.24, 2.45) is 5.92 Å². The van der Waals surface area contributed by atoms with Gasteiger partial charge in [0.15, 0.2) is 0 Å². The Morgan fingerprint density at radius 1 is 1.03 bits per heavy atom. The van der Waals surface area contributed by atoms with Gasteiger partial charge in [0.05, 0.1) is 0 Å². The van der Waals surface area contributed by atoms with Crippen LogP contribution in [0.3, 0.4) is 0 Å². The van der Waals surface area contributed by atoms with E-state index in [9.17, 15) is 19.2 Å². The fraction of sp³-hybridized carbons (Fsp3) is 0.440. The van der Waals surface area contributed by atoms with Crippen LogP contribution < -0.4 is 21.5 Å². The quantitative estimate of drug-likeness (QED) is 0.545. The van der Waals surface area contributed by atoms with Crippen LogP contribution in [-0.2, 0) is 16.1 Å². The lowest BCUT2D eigenvalue weighted by molar-refractivity contribution is -0.118. The molecule has 0 saturated carbocycles. The van der Waals surface area contributed by atoms with E-state index in [1.807, 2.05) is 16.9 Å². The fourth-order valence-electron chi connectivity index (χ4n) is 4.88. The Balaban J connectivity index is 1.41. The number of urea groups is 1. The Labute approximate surface area is 208 Å². The minimum atomic E-state index is -0.679. The summed E-state index contributed by atoms with van der Waals surface area (Å²) in [4.78, 5) is 51.5. The fourth-order valence-corrected chi connectivity index (χ4v) is 5.35. The van der Waals surface area contributed by atoms with Crippen molar-refractivity contribution in [3.63, 3.8) is 0 Å². The largest absolute Gasteiger partial charge is 0.326 e. The van der Waals surface area contributed by atoms with Crippen molar-refractivity contribution in [2.75, 3.05) is 35.7 Å². The smallest absolute Gasteiger partial charge is 0.318 e. The molecular weight excluding hydrogens is 466 g/mol. The number of amides is 4. The molecule has 2 aliphatic heterocycles. The summed E-state index contributed by atoms with van der Waals surface area (Å²) in [6.45, 7) is 3.13. The van der Waals surface area contributed by atoms with Crippen LogP contribution in [0.15, 0.2) is 47.3 Å². The molecule has 2 unspecified atom stereocenters. The summed E-state index contributed by atoms with van der Waals surface area (Å²) in [5, 5.41) is 8.50. The Morgan fingerprint density at radius 3 is 2.43 bits per heavy atom. The van der Waals surface area contributed by atoms with Gasteiger partial charge in [-0.2, -0.15) is 11.8 Å². The van der Waals surface area contributed by atoms with Gasteiger partial charge in [-0.05, 0) is 61.1 Å². The Hall–Kier alpha value is -3.27. The Morgan fingerprint density at radius 2 is 1.74 bits per heavy atom. The first kappa shape index (κ1) is 24.8. The molecule has 4 rings (SSSR count). The summed E-state index contributed by atoms with van der Waals surface area (Å²) in [6, 6.07) is 11.2. The topological polar surface area (TPSA) is 113 Å². The summed E-state index contributed by atoms with van der Waals surface area (Å²) >= 11 is 1.61. The third-order valence-corrected chi connectivity index (χ3v) is 7.11. The summed E-state index contributed by atoms with van der Waals surface area (Å²) in [5.74, 6) is 0.602. The molecule has 2 aliphatic rings.